The summed E-state index contributed by atoms with van der Waals surface area (Å²) in [4.78, 5) is 9.63. The Kier molecular flexibility index (Phi) is 3.09. The van der Waals surface area contributed by atoms with E-state index >= 15 is 0 Å². The van der Waals surface area contributed by atoms with E-state index in [0.29, 0.717) is 12.4 Å². The molecule has 0 amide bonds. The van der Waals surface area contributed by atoms with Gasteiger partial charge in [-0.05, 0) is 54.1 Å². The molecule has 1 aliphatic heterocycles. The van der Waals surface area contributed by atoms with Gasteiger partial charge in [-0.15, -0.1) is 0 Å². The lowest BCUT2D eigenvalue weighted by Crippen LogP contribution is -2.12. The molecule has 0 radical (unpaired) electrons. The van der Waals surface area contributed by atoms with Crippen LogP contribution in [0.2, 0.25) is 0 Å². The molecule has 3 aromatic carbocycles. The van der Waals surface area contributed by atoms with E-state index in [9.17, 15) is 4.39 Å². The zero-order valence-electron chi connectivity index (χ0n) is 14.8. The molecule has 28 heavy (non-hydrogen) atoms. The molecule has 0 N–H and O–H groups in total. The Morgan fingerprint density at radius 3 is 2.54 bits per heavy atom. The normalized spacial score (nSPS) is 12.6. The fourth-order valence-corrected chi connectivity index (χ4v) is 3.93. The summed E-state index contributed by atoms with van der Waals surface area (Å²) in [5.41, 5.74) is 6.45. The van der Waals surface area contributed by atoms with Crippen LogP contribution in [-0.4, -0.2) is 14.4 Å². The number of hydrogen-bond acceptors (Lipinski definition) is 3. The molecule has 0 saturated heterocycles. The first-order valence-corrected chi connectivity index (χ1v) is 9.08. The van der Waals surface area contributed by atoms with E-state index in [2.05, 4.69) is 0 Å². The Morgan fingerprint density at radius 1 is 0.857 bits per heavy atom. The molecular formula is C23H14FN3O. The van der Waals surface area contributed by atoms with Gasteiger partial charge in [0.25, 0.3) is 0 Å². The van der Waals surface area contributed by atoms with Crippen molar-refractivity contribution >= 4 is 16.8 Å². The van der Waals surface area contributed by atoms with Gasteiger partial charge in [0.15, 0.2) is 0 Å². The second-order valence-corrected chi connectivity index (χ2v) is 6.82. The van der Waals surface area contributed by atoms with E-state index in [1.807, 2.05) is 52.9 Å². The van der Waals surface area contributed by atoms with E-state index in [0.717, 1.165) is 44.9 Å². The molecule has 0 atom stereocenters. The van der Waals surface area contributed by atoms with Crippen LogP contribution in [0.3, 0.4) is 0 Å². The number of nitrogens with zero attached hydrogens (tertiary/aromatic N) is 3. The lowest BCUT2D eigenvalue weighted by molar-refractivity contribution is 0.301. The van der Waals surface area contributed by atoms with Gasteiger partial charge in [-0.3, -0.25) is 4.40 Å². The Morgan fingerprint density at radius 2 is 1.64 bits per heavy atom. The third kappa shape index (κ3) is 2.10. The largest absolute Gasteiger partial charge is 0.488 e. The number of ether oxygens (including phenoxy) is 1. The Bertz CT molecular complexity index is 1370. The molecule has 4 nitrogen and oxygen atoms in total. The summed E-state index contributed by atoms with van der Waals surface area (Å²) in [5, 5.41) is 0. The molecule has 5 heteroatoms. The van der Waals surface area contributed by atoms with Crippen LogP contribution < -0.4 is 4.74 Å². The van der Waals surface area contributed by atoms with Crippen molar-refractivity contribution in [1.29, 1.82) is 0 Å². The van der Waals surface area contributed by atoms with Gasteiger partial charge in [0.1, 0.15) is 18.2 Å². The quantitative estimate of drug-likeness (QED) is 0.406. The Balaban J connectivity index is 1.80. The van der Waals surface area contributed by atoms with E-state index in [4.69, 9.17) is 14.7 Å². The molecule has 0 unspecified atom stereocenters. The first kappa shape index (κ1) is 15.3. The Hall–Kier alpha value is -3.73. The minimum Gasteiger partial charge on any atom is -0.488 e. The number of benzene rings is 3. The molecule has 5 aromatic rings. The predicted octanol–water partition coefficient (Wildman–Crippen LogP) is 5.25. The topological polar surface area (TPSA) is 39.4 Å². The van der Waals surface area contributed by atoms with Crippen molar-refractivity contribution in [2.45, 2.75) is 6.61 Å². The van der Waals surface area contributed by atoms with Gasteiger partial charge in [-0.25, -0.2) is 14.4 Å². The number of para-hydroxylation sites is 3. The molecule has 0 fully saturated rings. The summed E-state index contributed by atoms with van der Waals surface area (Å²) < 4.78 is 21.7. The van der Waals surface area contributed by atoms with Gasteiger partial charge in [0.05, 0.1) is 22.4 Å². The zero-order chi connectivity index (χ0) is 18.7. The highest BCUT2D eigenvalue weighted by atomic mass is 19.1. The van der Waals surface area contributed by atoms with Gasteiger partial charge in [-0.2, -0.15) is 0 Å². The maximum absolute atomic E-state index is 13.6. The number of rotatable bonds is 1. The van der Waals surface area contributed by atoms with Crippen molar-refractivity contribution < 1.29 is 9.13 Å². The molecule has 0 bridgehead atoms. The highest BCUT2D eigenvalue weighted by Gasteiger charge is 2.26. The molecule has 0 saturated carbocycles. The average Bonchev–Trinajstić information content (AvgIpc) is 3.11. The molecule has 134 valence electrons. The fourth-order valence-electron chi connectivity index (χ4n) is 3.93. The van der Waals surface area contributed by atoms with Gasteiger partial charge >= 0.3 is 0 Å². The van der Waals surface area contributed by atoms with Crippen LogP contribution in [-0.2, 0) is 6.61 Å². The van der Waals surface area contributed by atoms with Crippen molar-refractivity contribution in [1.82, 2.24) is 14.4 Å². The number of imidazole rings is 1. The van der Waals surface area contributed by atoms with Crippen LogP contribution in [0.15, 0.2) is 72.8 Å². The zero-order valence-corrected chi connectivity index (χ0v) is 14.8. The number of halogens is 1. The van der Waals surface area contributed by atoms with Crippen LogP contribution in [0.25, 0.3) is 39.3 Å². The van der Waals surface area contributed by atoms with Crippen molar-refractivity contribution in [3.05, 3.63) is 84.2 Å². The van der Waals surface area contributed by atoms with Gasteiger partial charge in [0.2, 0.25) is 5.78 Å². The summed E-state index contributed by atoms with van der Waals surface area (Å²) in [5.74, 6) is 1.17. The van der Waals surface area contributed by atoms with Crippen molar-refractivity contribution in [3.63, 3.8) is 0 Å². The highest BCUT2D eigenvalue weighted by molar-refractivity contribution is 5.87. The van der Waals surface area contributed by atoms with Gasteiger partial charge < -0.3 is 4.74 Å². The summed E-state index contributed by atoms with van der Waals surface area (Å²) >= 11 is 0. The van der Waals surface area contributed by atoms with Crippen LogP contribution in [0.1, 0.15) is 5.56 Å². The van der Waals surface area contributed by atoms with E-state index in [1.165, 1.54) is 12.1 Å². The SMILES string of the molecule is Fc1ccc(-c2c3c(nc4nc5ccccc5n24)-c2ccccc2OC3)cc1. The summed E-state index contributed by atoms with van der Waals surface area (Å²) in [6.07, 6.45) is 0. The number of hydrogen-bond donors (Lipinski definition) is 0. The van der Waals surface area contributed by atoms with E-state index in [1.54, 1.807) is 12.1 Å². The van der Waals surface area contributed by atoms with Crippen LogP contribution >= 0.6 is 0 Å². The first-order valence-electron chi connectivity index (χ1n) is 9.08. The summed E-state index contributed by atoms with van der Waals surface area (Å²) in [7, 11) is 0. The average molecular weight is 367 g/mol. The fraction of sp³-hybridized carbons (Fsp3) is 0.0435. The summed E-state index contributed by atoms with van der Waals surface area (Å²) in [6, 6.07) is 22.4. The standard InChI is InChI=1S/C23H14FN3O/c24-15-11-9-14(10-12-15)22-17-13-28-20-8-4-1-5-16(20)21(17)26-23-25-18-6-2-3-7-19(18)27(22)23/h1-12H,13H2. The van der Waals surface area contributed by atoms with Gasteiger partial charge in [0, 0.05) is 11.1 Å². The van der Waals surface area contributed by atoms with Crippen LogP contribution in [0, 0.1) is 5.82 Å². The predicted molar refractivity (Wildman–Crippen MR) is 106 cm³/mol. The maximum Gasteiger partial charge on any atom is 0.235 e. The van der Waals surface area contributed by atoms with E-state index in [-0.39, 0.29) is 5.82 Å². The highest BCUT2D eigenvalue weighted by Crippen LogP contribution is 2.41. The molecule has 1 aliphatic rings. The summed E-state index contributed by atoms with van der Waals surface area (Å²) in [6.45, 7) is 0.397. The van der Waals surface area contributed by atoms with Gasteiger partial charge in [-0.1, -0.05) is 24.3 Å². The second kappa shape index (κ2) is 5.63. The van der Waals surface area contributed by atoms with Crippen LogP contribution in [0.5, 0.6) is 5.75 Å². The molecule has 2 aromatic heterocycles. The minimum atomic E-state index is -0.264. The van der Waals surface area contributed by atoms with Crippen LogP contribution in [0.4, 0.5) is 4.39 Å². The minimum absolute atomic E-state index is 0.264. The second-order valence-electron chi connectivity index (χ2n) is 6.82. The first-order chi connectivity index (χ1) is 13.8. The number of aromatic nitrogens is 3. The lowest BCUT2D eigenvalue weighted by atomic mass is 9.98. The molecule has 6 rings (SSSR count). The lowest BCUT2D eigenvalue weighted by Gasteiger charge is -2.23. The molecular weight excluding hydrogens is 353 g/mol. The Labute approximate surface area is 159 Å². The maximum atomic E-state index is 13.6. The molecule has 0 aliphatic carbocycles. The number of fused-ring (bicyclic) bond motifs is 6. The third-order valence-electron chi connectivity index (χ3n) is 5.18. The van der Waals surface area contributed by atoms with Crippen molar-refractivity contribution in [2.75, 3.05) is 0 Å². The molecule has 3 heterocycles. The smallest absolute Gasteiger partial charge is 0.235 e. The van der Waals surface area contributed by atoms with Crippen molar-refractivity contribution in [2.24, 2.45) is 0 Å². The third-order valence-corrected chi connectivity index (χ3v) is 5.18. The monoisotopic (exact) mass is 367 g/mol. The molecule has 0 spiro atoms. The van der Waals surface area contributed by atoms with E-state index < -0.39 is 0 Å². The van der Waals surface area contributed by atoms with Crippen molar-refractivity contribution in [3.8, 4) is 28.3 Å².